The van der Waals surface area contributed by atoms with Crippen LogP contribution in [0.1, 0.15) is 51.0 Å². The molecule has 0 aromatic carbocycles. The maximum absolute atomic E-state index is 4.37. The van der Waals surface area contributed by atoms with Crippen molar-refractivity contribution in [3.05, 3.63) is 11.4 Å². The summed E-state index contributed by atoms with van der Waals surface area (Å²) in [6.07, 6.45) is 5.01. The topological polar surface area (TPSA) is 30.7 Å². The molecule has 3 atom stereocenters. The average molecular weight is 219 g/mol. The van der Waals surface area contributed by atoms with Gasteiger partial charge < -0.3 is 0 Å². The summed E-state index contributed by atoms with van der Waals surface area (Å²) >= 11 is 0. The van der Waals surface area contributed by atoms with Crippen LogP contribution in [0.4, 0.5) is 0 Å². The first-order valence-electron chi connectivity index (χ1n) is 6.61. The Morgan fingerprint density at radius 3 is 2.56 bits per heavy atom. The number of nitrogens with zero attached hydrogens (tertiary/aromatic N) is 3. The van der Waals surface area contributed by atoms with Gasteiger partial charge in [0.15, 0.2) is 0 Å². The van der Waals surface area contributed by atoms with Gasteiger partial charge in [-0.3, -0.25) is 0 Å². The van der Waals surface area contributed by atoms with Crippen molar-refractivity contribution in [2.75, 3.05) is 0 Å². The predicted octanol–water partition coefficient (Wildman–Crippen LogP) is 2.62. The van der Waals surface area contributed by atoms with Crippen LogP contribution >= 0.6 is 0 Å². The van der Waals surface area contributed by atoms with E-state index >= 15 is 0 Å². The molecule has 0 spiro atoms. The maximum atomic E-state index is 4.37. The van der Waals surface area contributed by atoms with Crippen molar-refractivity contribution >= 4 is 0 Å². The minimum Gasteiger partial charge on any atom is -0.247 e. The van der Waals surface area contributed by atoms with Crippen molar-refractivity contribution in [2.24, 2.45) is 17.8 Å². The fraction of sp³-hybridized carbons (Fsp3) is 0.846. The van der Waals surface area contributed by atoms with Gasteiger partial charge in [0.1, 0.15) is 0 Å². The standard InChI is InChI=1S/C13H21N3/c1-8(2)16-13-7-5-11-9(3)10(11)4-6-12(13)14-15-16/h8-11H,4-7H2,1-3H3/t9-,10+,11-/m1/s1. The molecular formula is C13H21N3. The Hall–Kier alpha value is -0.860. The van der Waals surface area contributed by atoms with E-state index in [4.69, 9.17) is 0 Å². The molecule has 0 unspecified atom stereocenters. The van der Waals surface area contributed by atoms with Gasteiger partial charge in [-0.05, 0) is 57.3 Å². The van der Waals surface area contributed by atoms with Gasteiger partial charge >= 0.3 is 0 Å². The summed E-state index contributed by atoms with van der Waals surface area (Å²) < 4.78 is 2.13. The number of hydrogen-bond donors (Lipinski definition) is 0. The molecular weight excluding hydrogens is 198 g/mol. The fourth-order valence-corrected chi connectivity index (χ4v) is 3.41. The van der Waals surface area contributed by atoms with Gasteiger partial charge in [0.05, 0.1) is 11.4 Å². The van der Waals surface area contributed by atoms with Crippen LogP contribution in [-0.2, 0) is 12.8 Å². The van der Waals surface area contributed by atoms with Crippen molar-refractivity contribution in [2.45, 2.75) is 52.5 Å². The van der Waals surface area contributed by atoms with Crippen molar-refractivity contribution in [3.8, 4) is 0 Å². The lowest BCUT2D eigenvalue weighted by Crippen LogP contribution is -2.10. The zero-order chi connectivity index (χ0) is 11.3. The molecule has 0 amide bonds. The summed E-state index contributed by atoms with van der Waals surface area (Å²) in [7, 11) is 0. The lowest BCUT2D eigenvalue weighted by molar-refractivity contribution is 0.481. The van der Waals surface area contributed by atoms with Crippen molar-refractivity contribution in [1.29, 1.82) is 0 Å². The Morgan fingerprint density at radius 2 is 1.88 bits per heavy atom. The van der Waals surface area contributed by atoms with Gasteiger partial charge in [-0.25, -0.2) is 4.68 Å². The van der Waals surface area contributed by atoms with Crippen LogP contribution in [0.25, 0.3) is 0 Å². The van der Waals surface area contributed by atoms with Gasteiger partial charge in [0, 0.05) is 6.04 Å². The molecule has 2 aliphatic rings. The number of aromatic nitrogens is 3. The predicted molar refractivity (Wildman–Crippen MR) is 63.2 cm³/mol. The normalized spacial score (nSPS) is 32.9. The molecule has 2 aliphatic carbocycles. The van der Waals surface area contributed by atoms with Crippen LogP contribution in [0.5, 0.6) is 0 Å². The minimum atomic E-state index is 0.447. The number of rotatable bonds is 1. The van der Waals surface area contributed by atoms with Gasteiger partial charge in [-0.2, -0.15) is 0 Å². The highest BCUT2D eigenvalue weighted by Crippen LogP contribution is 2.52. The molecule has 16 heavy (non-hydrogen) atoms. The molecule has 0 radical (unpaired) electrons. The van der Waals surface area contributed by atoms with E-state index < -0.39 is 0 Å². The first-order chi connectivity index (χ1) is 7.68. The van der Waals surface area contributed by atoms with E-state index in [1.54, 1.807) is 0 Å². The molecule has 0 bridgehead atoms. The molecule has 1 aromatic rings. The number of hydrogen-bond acceptors (Lipinski definition) is 2. The quantitative estimate of drug-likeness (QED) is 0.727. The lowest BCUT2D eigenvalue weighted by Gasteiger charge is -2.12. The highest BCUT2D eigenvalue weighted by atomic mass is 15.4. The first-order valence-corrected chi connectivity index (χ1v) is 6.61. The Bertz CT molecular complexity index is 394. The molecule has 1 saturated carbocycles. The molecule has 3 rings (SSSR count). The van der Waals surface area contributed by atoms with Gasteiger partial charge in [-0.15, -0.1) is 5.10 Å². The monoisotopic (exact) mass is 219 g/mol. The maximum Gasteiger partial charge on any atom is 0.0859 e. The molecule has 0 aliphatic heterocycles. The largest absolute Gasteiger partial charge is 0.247 e. The molecule has 1 fully saturated rings. The Kier molecular flexibility index (Phi) is 2.30. The summed E-state index contributed by atoms with van der Waals surface area (Å²) in [5.41, 5.74) is 2.68. The zero-order valence-corrected chi connectivity index (χ0v) is 10.5. The molecule has 0 saturated heterocycles. The van der Waals surface area contributed by atoms with Crippen LogP contribution < -0.4 is 0 Å². The molecule has 1 aromatic heterocycles. The average Bonchev–Trinajstić information content (AvgIpc) is 2.67. The van der Waals surface area contributed by atoms with Crippen LogP contribution in [0.15, 0.2) is 0 Å². The molecule has 1 heterocycles. The molecule has 0 N–H and O–H groups in total. The van der Waals surface area contributed by atoms with Gasteiger partial charge in [0.25, 0.3) is 0 Å². The van der Waals surface area contributed by atoms with Crippen LogP contribution in [0.3, 0.4) is 0 Å². The highest BCUT2D eigenvalue weighted by molar-refractivity contribution is 5.15. The third kappa shape index (κ3) is 1.48. The Balaban J connectivity index is 1.87. The van der Waals surface area contributed by atoms with E-state index in [2.05, 4.69) is 35.8 Å². The van der Waals surface area contributed by atoms with E-state index in [1.165, 1.54) is 30.7 Å². The van der Waals surface area contributed by atoms with E-state index in [-0.39, 0.29) is 0 Å². The smallest absolute Gasteiger partial charge is 0.0859 e. The number of aryl methyl sites for hydroxylation is 1. The summed E-state index contributed by atoms with van der Waals surface area (Å²) in [4.78, 5) is 0. The number of fused-ring (bicyclic) bond motifs is 2. The third-order valence-electron chi connectivity index (χ3n) is 4.55. The van der Waals surface area contributed by atoms with Crippen molar-refractivity contribution in [1.82, 2.24) is 15.0 Å². The second kappa shape index (κ2) is 3.57. The highest BCUT2D eigenvalue weighted by Gasteiger charge is 2.46. The van der Waals surface area contributed by atoms with E-state index in [9.17, 15) is 0 Å². The van der Waals surface area contributed by atoms with Crippen molar-refractivity contribution < 1.29 is 0 Å². The summed E-state index contributed by atoms with van der Waals surface area (Å²) in [5, 5.41) is 8.68. The van der Waals surface area contributed by atoms with Gasteiger partial charge in [0.2, 0.25) is 0 Å². The second-order valence-electron chi connectivity index (χ2n) is 5.79. The summed E-state index contributed by atoms with van der Waals surface area (Å²) in [5.74, 6) is 2.94. The van der Waals surface area contributed by atoms with E-state index in [0.29, 0.717) is 6.04 Å². The van der Waals surface area contributed by atoms with E-state index in [1.807, 2.05) is 0 Å². The SMILES string of the molecule is CC(C)n1nnc2c1CC[C@@H]1[C@H](C)[C@@H]1CC2. The van der Waals surface area contributed by atoms with Crippen molar-refractivity contribution in [3.63, 3.8) is 0 Å². The van der Waals surface area contributed by atoms with Crippen LogP contribution in [0, 0.1) is 17.8 Å². The lowest BCUT2D eigenvalue weighted by atomic mass is 10.0. The molecule has 3 heteroatoms. The third-order valence-corrected chi connectivity index (χ3v) is 4.55. The Labute approximate surface area is 97.2 Å². The van der Waals surface area contributed by atoms with Crippen LogP contribution in [-0.4, -0.2) is 15.0 Å². The minimum absolute atomic E-state index is 0.447. The zero-order valence-electron chi connectivity index (χ0n) is 10.5. The van der Waals surface area contributed by atoms with Gasteiger partial charge in [-0.1, -0.05) is 12.1 Å². The molecule has 88 valence electrons. The summed E-state index contributed by atoms with van der Waals surface area (Å²) in [6, 6.07) is 0.447. The fourth-order valence-electron chi connectivity index (χ4n) is 3.41. The second-order valence-corrected chi connectivity index (χ2v) is 5.79. The summed E-state index contributed by atoms with van der Waals surface area (Å²) in [6.45, 7) is 6.79. The molecule has 3 nitrogen and oxygen atoms in total. The first kappa shape index (κ1) is 10.3. The van der Waals surface area contributed by atoms with Crippen LogP contribution in [0.2, 0.25) is 0 Å². The van der Waals surface area contributed by atoms with E-state index in [0.717, 1.165) is 24.2 Å². The Morgan fingerprint density at radius 1 is 1.19 bits per heavy atom.